The molecular weight excluding hydrogens is 606 g/mol. The number of carbonyl (C=O) groups is 4. The third-order valence-electron chi connectivity index (χ3n) is 9.45. The number of anilines is 1. The van der Waals surface area contributed by atoms with Gasteiger partial charge in [0.15, 0.2) is 0 Å². The van der Waals surface area contributed by atoms with E-state index in [4.69, 9.17) is 9.47 Å². The first-order chi connectivity index (χ1) is 23.1. The molecule has 3 aromatic rings. The standard InChI is InChI=1S/C39H47N3O6/c1-24(2)36(42-39(46)47-23-33-31-14-8-6-12-29(31)30-13-7-9-15-32(30)33)38(45)40-26(4)37(44)41-34-16-10-5-11-27(34)19-22-35(43)48-28-20-17-25(3)18-21-28/h5-16,24-26,28,33,36H,17-23H2,1-4H3,(H,40,45)(H,41,44)(H,42,46)/t25?,26-,28?,36-/m0/s1. The molecule has 2 atom stereocenters. The van der Waals surface area contributed by atoms with Crippen molar-refractivity contribution >= 4 is 29.6 Å². The SMILES string of the molecule is CC1CCC(OC(=O)CCc2ccccc2NC(=O)[C@H](C)NC(=O)[C@@H](NC(=O)OCC2c3ccccc3-c3ccccc32)C(C)C)CC1. The van der Waals surface area contributed by atoms with E-state index in [9.17, 15) is 19.2 Å². The van der Waals surface area contributed by atoms with Gasteiger partial charge in [-0.25, -0.2) is 4.79 Å². The lowest BCUT2D eigenvalue weighted by molar-refractivity contribution is -0.150. The van der Waals surface area contributed by atoms with Crippen LogP contribution >= 0.6 is 0 Å². The minimum Gasteiger partial charge on any atom is -0.462 e. The van der Waals surface area contributed by atoms with Crippen LogP contribution in [0.3, 0.4) is 0 Å². The van der Waals surface area contributed by atoms with Crippen molar-refractivity contribution in [3.05, 3.63) is 89.5 Å². The molecule has 1 saturated carbocycles. The maximum atomic E-state index is 13.3. The monoisotopic (exact) mass is 653 g/mol. The summed E-state index contributed by atoms with van der Waals surface area (Å²) >= 11 is 0. The molecule has 2 aliphatic rings. The van der Waals surface area contributed by atoms with Crippen LogP contribution in [0, 0.1) is 11.8 Å². The van der Waals surface area contributed by atoms with Crippen LogP contribution < -0.4 is 16.0 Å². The van der Waals surface area contributed by atoms with Crippen LogP contribution in [0.1, 0.15) is 82.4 Å². The summed E-state index contributed by atoms with van der Waals surface area (Å²) in [5.74, 6) is -0.838. The smallest absolute Gasteiger partial charge is 0.407 e. The zero-order valence-corrected chi connectivity index (χ0v) is 28.3. The van der Waals surface area contributed by atoms with Gasteiger partial charge in [0.05, 0.1) is 0 Å². The van der Waals surface area contributed by atoms with Gasteiger partial charge < -0.3 is 25.4 Å². The van der Waals surface area contributed by atoms with Crippen molar-refractivity contribution in [3.8, 4) is 11.1 Å². The zero-order valence-electron chi connectivity index (χ0n) is 28.3. The van der Waals surface area contributed by atoms with E-state index in [0.29, 0.717) is 18.0 Å². The molecule has 9 nitrogen and oxygen atoms in total. The topological polar surface area (TPSA) is 123 Å². The lowest BCUT2D eigenvalue weighted by Crippen LogP contribution is -2.53. The number of fused-ring (bicyclic) bond motifs is 3. The molecule has 0 bridgehead atoms. The average molecular weight is 654 g/mol. The summed E-state index contributed by atoms with van der Waals surface area (Å²) in [4.78, 5) is 51.9. The Morgan fingerprint density at radius 2 is 1.38 bits per heavy atom. The summed E-state index contributed by atoms with van der Waals surface area (Å²) in [5, 5.41) is 8.32. The molecule has 3 amide bonds. The Hall–Kier alpha value is -4.66. The number of ether oxygens (including phenoxy) is 2. The second kappa shape index (κ2) is 16.0. The molecule has 0 radical (unpaired) electrons. The van der Waals surface area contributed by atoms with Crippen LogP contribution in [-0.2, 0) is 30.3 Å². The highest BCUT2D eigenvalue weighted by molar-refractivity contribution is 5.98. The molecule has 5 rings (SSSR count). The summed E-state index contributed by atoms with van der Waals surface area (Å²) < 4.78 is 11.3. The van der Waals surface area contributed by atoms with Crippen molar-refractivity contribution in [2.45, 2.75) is 90.3 Å². The Morgan fingerprint density at radius 1 is 0.771 bits per heavy atom. The van der Waals surface area contributed by atoms with Gasteiger partial charge in [0.2, 0.25) is 11.8 Å². The number of amides is 3. The van der Waals surface area contributed by atoms with Crippen LogP contribution in [-0.4, -0.2) is 48.7 Å². The zero-order chi connectivity index (χ0) is 34.2. The van der Waals surface area contributed by atoms with E-state index in [1.807, 2.05) is 62.4 Å². The number of hydrogen-bond donors (Lipinski definition) is 3. The Balaban J connectivity index is 1.11. The lowest BCUT2D eigenvalue weighted by Gasteiger charge is -2.26. The van der Waals surface area contributed by atoms with Gasteiger partial charge in [-0.1, -0.05) is 87.5 Å². The summed E-state index contributed by atoms with van der Waals surface area (Å²) in [6.07, 6.45) is 3.87. The van der Waals surface area contributed by atoms with Gasteiger partial charge >= 0.3 is 12.1 Å². The number of para-hydroxylation sites is 1. The van der Waals surface area contributed by atoms with Crippen molar-refractivity contribution in [3.63, 3.8) is 0 Å². The highest BCUT2D eigenvalue weighted by Gasteiger charge is 2.31. The number of benzene rings is 3. The molecule has 1 fully saturated rings. The molecule has 48 heavy (non-hydrogen) atoms. The minimum absolute atomic E-state index is 0.0126. The molecule has 0 saturated heterocycles. The number of aryl methyl sites for hydroxylation is 1. The molecule has 0 aromatic heterocycles. The van der Waals surface area contributed by atoms with Crippen molar-refractivity contribution in [1.29, 1.82) is 0 Å². The fourth-order valence-corrected chi connectivity index (χ4v) is 6.60. The van der Waals surface area contributed by atoms with Crippen LogP contribution in [0.2, 0.25) is 0 Å². The summed E-state index contributed by atoms with van der Waals surface area (Å²) in [6, 6.07) is 21.6. The van der Waals surface area contributed by atoms with Gasteiger partial charge in [-0.3, -0.25) is 14.4 Å². The Kier molecular flexibility index (Phi) is 11.5. The van der Waals surface area contributed by atoms with Crippen molar-refractivity contribution < 1.29 is 28.7 Å². The minimum atomic E-state index is -0.915. The van der Waals surface area contributed by atoms with Crippen LogP contribution in [0.15, 0.2) is 72.8 Å². The van der Waals surface area contributed by atoms with Crippen LogP contribution in [0.5, 0.6) is 0 Å². The van der Waals surface area contributed by atoms with E-state index >= 15 is 0 Å². The molecule has 254 valence electrons. The second-order valence-corrected chi connectivity index (χ2v) is 13.4. The van der Waals surface area contributed by atoms with E-state index in [-0.39, 0.29) is 36.9 Å². The third-order valence-corrected chi connectivity index (χ3v) is 9.45. The molecule has 9 heteroatoms. The van der Waals surface area contributed by atoms with Gasteiger partial charge in [-0.05, 0) is 84.7 Å². The van der Waals surface area contributed by atoms with Crippen molar-refractivity contribution in [2.75, 3.05) is 11.9 Å². The van der Waals surface area contributed by atoms with Crippen LogP contribution in [0.4, 0.5) is 10.5 Å². The van der Waals surface area contributed by atoms with E-state index in [2.05, 4.69) is 35.0 Å². The number of alkyl carbamates (subject to hydrolysis) is 1. The highest BCUT2D eigenvalue weighted by atomic mass is 16.6. The maximum Gasteiger partial charge on any atom is 0.407 e. The number of nitrogens with one attached hydrogen (secondary N) is 3. The van der Waals surface area contributed by atoms with Crippen molar-refractivity contribution in [2.24, 2.45) is 11.8 Å². The molecule has 2 aliphatic carbocycles. The summed E-state index contributed by atoms with van der Waals surface area (Å²) in [6.45, 7) is 7.57. The molecule has 3 aromatic carbocycles. The van der Waals surface area contributed by atoms with Gasteiger partial charge in [0, 0.05) is 18.0 Å². The number of hydrogen-bond acceptors (Lipinski definition) is 6. The van der Waals surface area contributed by atoms with E-state index in [0.717, 1.165) is 53.5 Å². The molecule has 0 aliphatic heterocycles. The maximum absolute atomic E-state index is 13.3. The fraction of sp³-hybridized carbons (Fsp3) is 0.436. The first-order valence-corrected chi connectivity index (χ1v) is 17.1. The first-order valence-electron chi connectivity index (χ1n) is 17.1. The fourth-order valence-electron chi connectivity index (χ4n) is 6.60. The molecule has 0 unspecified atom stereocenters. The molecular formula is C39H47N3O6. The van der Waals surface area contributed by atoms with Crippen molar-refractivity contribution in [1.82, 2.24) is 10.6 Å². The lowest BCUT2D eigenvalue weighted by atomic mass is 9.89. The predicted molar refractivity (Wildman–Crippen MR) is 185 cm³/mol. The molecule has 3 N–H and O–H groups in total. The second-order valence-electron chi connectivity index (χ2n) is 13.4. The average Bonchev–Trinajstić information content (AvgIpc) is 3.40. The Labute approximate surface area is 283 Å². The van der Waals surface area contributed by atoms with Gasteiger partial charge in [0.1, 0.15) is 24.8 Å². The summed E-state index contributed by atoms with van der Waals surface area (Å²) in [7, 11) is 0. The van der Waals surface area contributed by atoms with Gasteiger partial charge in [-0.2, -0.15) is 0 Å². The number of carbonyl (C=O) groups excluding carboxylic acids is 4. The third kappa shape index (κ3) is 8.62. The number of rotatable bonds is 12. The molecule has 0 spiro atoms. The van der Waals surface area contributed by atoms with E-state index in [1.165, 1.54) is 0 Å². The van der Waals surface area contributed by atoms with Gasteiger partial charge in [0.25, 0.3) is 0 Å². The number of esters is 1. The summed E-state index contributed by atoms with van der Waals surface area (Å²) in [5.41, 5.74) is 5.82. The largest absolute Gasteiger partial charge is 0.462 e. The quantitative estimate of drug-likeness (QED) is 0.186. The van der Waals surface area contributed by atoms with E-state index < -0.39 is 30.0 Å². The Bertz CT molecular complexity index is 1570. The highest BCUT2D eigenvalue weighted by Crippen LogP contribution is 2.44. The van der Waals surface area contributed by atoms with Crippen LogP contribution in [0.25, 0.3) is 11.1 Å². The molecule has 0 heterocycles. The predicted octanol–water partition coefficient (Wildman–Crippen LogP) is 6.75. The normalized spacial score (nSPS) is 18.2. The van der Waals surface area contributed by atoms with Gasteiger partial charge in [-0.15, -0.1) is 0 Å². The van der Waals surface area contributed by atoms with E-state index in [1.54, 1.807) is 19.1 Å². The first kappa shape index (κ1) is 34.7. The Morgan fingerprint density at radius 3 is 2.02 bits per heavy atom.